The number of furan rings is 1. The van der Waals surface area contributed by atoms with Gasteiger partial charge in [-0.25, -0.2) is 4.79 Å². The van der Waals surface area contributed by atoms with Gasteiger partial charge in [0.15, 0.2) is 0 Å². The number of hydrogen-bond donors (Lipinski definition) is 1. The fourth-order valence-electron chi connectivity index (χ4n) is 2.28. The molecule has 0 saturated carbocycles. The molecule has 2 aromatic rings. The summed E-state index contributed by atoms with van der Waals surface area (Å²) in [6, 6.07) is 8.93. The van der Waals surface area contributed by atoms with Crippen molar-refractivity contribution >= 4 is 51.9 Å². The fourth-order valence-corrected chi connectivity index (χ4v) is 3.57. The number of thiocarbonyl (C=S) groups is 1. The first-order chi connectivity index (χ1) is 12.1. The molecule has 7 heteroatoms. The second-order valence-corrected chi connectivity index (χ2v) is 7.60. The summed E-state index contributed by atoms with van der Waals surface area (Å²) in [6.45, 7) is 3.02. The number of hydrogen-bond acceptors (Lipinski definition) is 5. The van der Waals surface area contributed by atoms with Crippen molar-refractivity contribution < 1.29 is 13.9 Å². The van der Waals surface area contributed by atoms with E-state index in [0.29, 0.717) is 29.5 Å². The van der Waals surface area contributed by atoms with Crippen LogP contribution in [0.2, 0.25) is 5.02 Å². The number of benzene rings is 1. The SMILES string of the molecule is CCCOC(=O)c1cc(-c2ccc(C=C3CNC(=S)S3)o2)ccc1Cl. The van der Waals surface area contributed by atoms with Crippen molar-refractivity contribution in [2.75, 3.05) is 13.2 Å². The number of rotatable bonds is 5. The highest BCUT2D eigenvalue weighted by molar-refractivity contribution is 8.26. The molecule has 0 unspecified atom stereocenters. The van der Waals surface area contributed by atoms with Gasteiger partial charge in [-0.15, -0.1) is 0 Å². The molecule has 3 rings (SSSR count). The van der Waals surface area contributed by atoms with Gasteiger partial charge in [0.25, 0.3) is 0 Å². The number of ether oxygens (including phenoxy) is 1. The minimum absolute atomic E-state index is 0.338. The lowest BCUT2D eigenvalue weighted by molar-refractivity contribution is 0.0505. The van der Waals surface area contributed by atoms with Gasteiger partial charge in [-0.1, -0.05) is 42.5 Å². The summed E-state index contributed by atoms with van der Waals surface area (Å²) in [5.74, 6) is 0.963. The summed E-state index contributed by atoms with van der Waals surface area (Å²) in [5.41, 5.74) is 1.11. The summed E-state index contributed by atoms with van der Waals surface area (Å²) in [5, 5.41) is 3.45. The highest BCUT2D eigenvalue weighted by Crippen LogP contribution is 2.30. The van der Waals surface area contributed by atoms with Gasteiger partial charge in [0, 0.05) is 17.0 Å². The molecule has 0 amide bonds. The van der Waals surface area contributed by atoms with E-state index < -0.39 is 5.97 Å². The molecule has 1 aliphatic heterocycles. The Morgan fingerprint density at radius 2 is 2.28 bits per heavy atom. The number of esters is 1. The largest absolute Gasteiger partial charge is 0.462 e. The molecule has 1 saturated heterocycles. The number of halogens is 1. The topological polar surface area (TPSA) is 51.5 Å². The van der Waals surface area contributed by atoms with E-state index in [1.807, 2.05) is 31.2 Å². The fraction of sp³-hybridized carbons (Fsp3) is 0.222. The van der Waals surface area contributed by atoms with E-state index in [2.05, 4.69) is 5.32 Å². The van der Waals surface area contributed by atoms with Crippen LogP contribution in [-0.4, -0.2) is 23.4 Å². The quantitative estimate of drug-likeness (QED) is 0.561. The first-order valence-electron chi connectivity index (χ1n) is 7.80. The lowest BCUT2D eigenvalue weighted by Gasteiger charge is -2.06. The number of carbonyl (C=O) groups is 1. The van der Waals surface area contributed by atoms with Crippen molar-refractivity contribution in [3.05, 3.63) is 51.6 Å². The zero-order chi connectivity index (χ0) is 17.8. The number of nitrogens with one attached hydrogen (secondary N) is 1. The Balaban J connectivity index is 1.83. The molecular weight excluding hydrogens is 378 g/mol. The third-order valence-electron chi connectivity index (χ3n) is 3.47. The number of carbonyl (C=O) groups excluding carboxylic acids is 1. The van der Waals surface area contributed by atoms with Crippen molar-refractivity contribution in [2.24, 2.45) is 0 Å². The van der Waals surface area contributed by atoms with Crippen molar-refractivity contribution in [1.29, 1.82) is 0 Å². The van der Waals surface area contributed by atoms with E-state index >= 15 is 0 Å². The third kappa shape index (κ3) is 4.45. The number of thioether (sulfide) groups is 1. The Labute approximate surface area is 160 Å². The minimum Gasteiger partial charge on any atom is -0.462 e. The van der Waals surface area contributed by atoms with Crippen LogP contribution in [0.1, 0.15) is 29.5 Å². The van der Waals surface area contributed by atoms with Crippen LogP contribution in [0.25, 0.3) is 17.4 Å². The summed E-state index contributed by atoms with van der Waals surface area (Å²) >= 11 is 12.8. The van der Waals surface area contributed by atoms with E-state index in [1.54, 1.807) is 12.1 Å². The Morgan fingerprint density at radius 3 is 3.00 bits per heavy atom. The van der Waals surface area contributed by atoms with E-state index in [-0.39, 0.29) is 0 Å². The predicted octanol–water partition coefficient (Wildman–Crippen LogP) is 5.13. The monoisotopic (exact) mass is 393 g/mol. The van der Waals surface area contributed by atoms with Crippen LogP contribution in [0.3, 0.4) is 0 Å². The van der Waals surface area contributed by atoms with Crippen LogP contribution in [0.4, 0.5) is 0 Å². The standard InChI is InChI=1S/C18H16ClNO3S2/c1-2-7-22-17(21)14-8-11(3-5-15(14)19)16-6-4-12(23-16)9-13-10-20-18(24)25-13/h3-6,8-9H,2,7,10H2,1H3,(H,20,24). The lowest BCUT2D eigenvalue weighted by Crippen LogP contribution is -2.09. The summed E-state index contributed by atoms with van der Waals surface area (Å²) in [4.78, 5) is 13.2. The van der Waals surface area contributed by atoms with E-state index in [1.165, 1.54) is 11.8 Å². The zero-order valence-electron chi connectivity index (χ0n) is 13.5. The van der Waals surface area contributed by atoms with Crippen LogP contribution in [-0.2, 0) is 4.74 Å². The first-order valence-corrected chi connectivity index (χ1v) is 9.40. The third-order valence-corrected chi connectivity index (χ3v) is 5.05. The maximum Gasteiger partial charge on any atom is 0.339 e. The summed E-state index contributed by atoms with van der Waals surface area (Å²) in [7, 11) is 0. The van der Waals surface area contributed by atoms with Gasteiger partial charge in [-0.3, -0.25) is 0 Å². The van der Waals surface area contributed by atoms with Crippen molar-refractivity contribution in [1.82, 2.24) is 5.32 Å². The van der Waals surface area contributed by atoms with Crippen molar-refractivity contribution in [3.8, 4) is 11.3 Å². The van der Waals surface area contributed by atoms with Crippen LogP contribution < -0.4 is 5.32 Å². The highest BCUT2D eigenvalue weighted by atomic mass is 35.5. The first kappa shape index (κ1) is 18.0. The molecule has 4 nitrogen and oxygen atoms in total. The molecule has 0 atom stereocenters. The molecule has 25 heavy (non-hydrogen) atoms. The van der Waals surface area contributed by atoms with E-state index in [9.17, 15) is 4.79 Å². The Kier molecular flexibility index (Phi) is 5.83. The molecule has 130 valence electrons. The van der Waals surface area contributed by atoms with E-state index in [0.717, 1.165) is 27.0 Å². The Morgan fingerprint density at radius 1 is 1.44 bits per heavy atom. The molecule has 1 aliphatic rings. The van der Waals surface area contributed by atoms with E-state index in [4.69, 9.17) is 33.0 Å². The average molecular weight is 394 g/mol. The highest BCUT2D eigenvalue weighted by Gasteiger charge is 2.16. The van der Waals surface area contributed by atoms with Gasteiger partial charge in [0.2, 0.25) is 0 Å². The molecule has 0 bridgehead atoms. The van der Waals surface area contributed by atoms with Gasteiger partial charge in [-0.05, 0) is 42.8 Å². The average Bonchev–Trinajstić information content (AvgIpc) is 3.22. The van der Waals surface area contributed by atoms with Crippen LogP contribution in [0.5, 0.6) is 0 Å². The summed E-state index contributed by atoms with van der Waals surface area (Å²) < 4.78 is 11.8. The molecule has 1 aromatic carbocycles. The zero-order valence-corrected chi connectivity index (χ0v) is 15.9. The molecule has 2 heterocycles. The molecule has 1 aromatic heterocycles. The molecular formula is C18H16ClNO3S2. The Bertz CT molecular complexity index is 845. The van der Waals surface area contributed by atoms with Crippen molar-refractivity contribution in [3.63, 3.8) is 0 Å². The molecule has 0 aliphatic carbocycles. The predicted molar refractivity (Wildman–Crippen MR) is 106 cm³/mol. The van der Waals surface area contributed by atoms with Crippen molar-refractivity contribution in [2.45, 2.75) is 13.3 Å². The maximum atomic E-state index is 12.1. The second-order valence-electron chi connectivity index (χ2n) is 5.39. The minimum atomic E-state index is -0.426. The molecule has 1 fully saturated rings. The molecule has 0 radical (unpaired) electrons. The normalized spacial score (nSPS) is 15.4. The molecule has 0 spiro atoms. The van der Waals surface area contributed by atoms with Gasteiger partial charge in [-0.2, -0.15) is 0 Å². The van der Waals surface area contributed by atoms with Gasteiger partial charge in [0.05, 0.1) is 17.2 Å². The van der Waals surface area contributed by atoms with Crippen LogP contribution in [0.15, 0.2) is 39.7 Å². The Hall–Kier alpha value is -1.76. The van der Waals surface area contributed by atoms with Gasteiger partial charge < -0.3 is 14.5 Å². The smallest absolute Gasteiger partial charge is 0.339 e. The van der Waals surface area contributed by atoms with Gasteiger partial charge in [0.1, 0.15) is 15.8 Å². The van der Waals surface area contributed by atoms with Crippen LogP contribution >= 0.6 is 35.6 Å². The van der Waals surface area contributed by atoms with Gasteiger partial charge >= 0.3 is 5.97 Å². The van der Waals surface area contributed by atoms with Crippen LogP contribution in [0, 0.1) is 0 Å². The maximum absolute atomic E-state index is 12.1. The second kappa shape index (κ2) is 8.08. The lowest BCUT2D eigenvalue weighted by atomic mass is 10.1. The molecule has 1 N–H and O–H groups in total. The summed E-state index contributed by atoms with van der Waals surface area (Å²) in [6.07, 6.45) is 2.71.